The van der Waals surface area contributed by atoms with E-state index in [9.17, 15) is 0 Å². The highest BCUT2D eigenvalue weighted by Crippen LogP contribution is 2.10. The Morgan fingerprint density at radius 3 is 2.94 bits per heavy atom. The molecule has 5 nitrogen and oxygen atoms in total. The molecule has 0 fully saturated rings. The van der Waals surface area contributed by atoms with E-state index in [1.807, 2.05) is 40.9 Å². The number of fused-ring (bicyclic) bond motifs is 1. The molecule has 0 amide bonds. The zero-order valence-corrected chi connectivity index (χ0v) is 11.7. The van der Waals surface area contributed by atoms with Crippen molar-refractivity contribution >= 4 is 28.2 Å². The molecule has 3 aromatic heterocycles. The number of pyridine rings is 1. The van der Waals surface area contributed by atoms with Crippen molar-refractivity contribution in [1.82, 2.24) is 19.9 Å². The van der Waals surface area contributed by atoms with Gasteiger partial charge in [0.2, 0.25) is 0 Å². The molecule has 6 heteroatoms. The maximum Gasteiger partial charge on any atom is 0.164 e. The van der Waals surface area contributed by atoms with Crippen molar-refractivity contribution in [2.24, 2.45) is 0 Å². The Morgan fingerprint density at radius 2 is 2.11 bits per heavy atom. The zero-order valence-electron chi connectivity index (χ0n) is 9.51. The smallest absolute Gasteiger partial charge is 0.164 e. The topological polar surface area (TPSA) is 55.4 Å². The Labute approximate surface area is 117 Å². The lowest BCUT2D eigenvalue weighted by molar-refractivity contribution is 0.460. The second-order valence-electron chi connectivity index (χ2n) is 3.85. The third kappa shape index (κ3) is 2.39. The third-order valence-electron chi connectivity index (χ3n) is 2.60. The fourth-order valence-electron chi connectivity index (χ4n) is 1.76. The van der Waals surface area contributed by atoms with Crippen LogP contribution in [0.1, 0.15) is 11.6 Å². The van der Waals surface area contributed by atoms with Gasteiger partial charge in [0.25, 0.3) is 0 Å². The summed E-state index contributed by atoms with van der Waals surface area (Å²) in [5.41, 5.74) is 0.863. The Balaban J connectivity index is 1.66. The standard InChI is InChI=1S/C12H11IN4O/c13-10-5-4-9(18-10)7-14-8-12-16-15-11-3-1-2-6-17(11)12/h1-6,14H,7-8H2. The minimum absolute atomic E-state index is 0.655. The Hall–Kier alpha value is -1.41. The molecule has 0 bridgehead atoms. The molecule has 3 heterocycles. The van der Waals surface area contributed by atoms with E-state index in [2.05, 4.69) is 38.1 Å². The average Bonchev–Trinajstić information content (AvgIpc) is 2.97. The maximum atomic E-state index is 5.47. The summed E-state index contributed by atoms with van der Waals surface area (Å²) in [6.45, 7) is 1.34. The molecule has 0 aliphatic heterocycles. The van der Waals surface area contributed by atoms with E-state index in [0.29, 0.717) is 13.1 Å². The van der Waals surface area contributed by atoms with Gasteiger partial charge in [-0.25, -0.2) is 0 Å². The van der Waals surface area contributed by atoms with Crippen LogP contribution >= 0.6 is 22.6 Å². The molecule has 0 aliphatic rings. The molecule has 0 atom stereocenters. The molecule has 0 saturated heterocycles. The van der Waals surface area contributed by atoms with Gasteiger partial charge in [0.05, 0.1) is 13.1 Å². The quantitative estimate of drug-likeness (QED) is 0.730. The van der Waals surface area contributed by atoms with E-state index >= 15 is 0 Å². The van der Waals surface area contributed by atoms with Gasteiger partial charge in [0.1, 0.15) is 5.76 Å². The minimum atomic E-state index is 0.655. The predicted octanol–water partition coefficient (Wildman–Crippen LogP) is 2.22. The molecule has 0 saturated carbocycles. The number of rotatable bonds is 4. The van der Waals surface area contributed by atoms with Crippen LogP contribution in [0.5, 0.6) is 0 Å². The maximum absolute atomic E-state index is 5.47. The largest absolute Gasteiger partial charge is 0.454 e. The summed E-state index contributed by atoms with van der Waals surface area (Å²) in [6, 6.07) is 9.77. The first-order chi connectivity index (χ1) is 8.83. The molecule has 0 aromatic carbocycles. The normalized spacial score (nSPS) is 11.2. The van der Waals surface area contributed by atoms with Crippen LogP contribution < -0.4 is 5.32 Å². The number of halogens is 1. The fourth-order valence-corrected chi connectivity index (χ4v) is 2.22. The highest BCUT2D eigenvalue weighted by Gasteiger charge is 2.04. The number of hydrogen-bond donors (Lipinski definition) is 1. The molecule has 0 aliphatic carbocycles. The summed E-state index contributed by atoms with van der Waals surface area (Å²) in [6.07, 6.45) is 1.96. The van der Waals surface area contributed by atoms with E-state index < -0.39 is 0 Å². The molecule has 0 unspecified atom stereocenters. The highest BCUT2D eigenvalue weighted by molar-refractivity contribution is 14.1. The molecule has 3 aromatic rings. The molecular weight excluding hydrogens is 343 g/mol. The van der Waals surface area contributed by atoms with Crippen molar-refractivity contribution < 1.29 is 4.42 Å². The molecule has 3 rings (SSSR count). The van der Waals surface area contributed by atoms with Crippen LogP contribution in [0.15, 0.2) is 40.9 Å². The fraction of sp³-hybridized carbons (Fsp3) is 0.167. The molecule has 0 spiro atoms. The Morgan fingerprint density at radius 1 is 1.17 bits per heavy atom. The van der Waals surface area contributed by atoms with Crippen molar-refractivity contribution in [2.45, 2.75) is 13.1 Å². The van der Waals surface area contributed by atoms with Crippen molar-refractivity contribution in [1.29, 1.82) is 0 Å². The SMILES string of the molecule is Ic1ccc(CNCc2nnc3ccccn23)o1. The van der Waals surface area contributed by atoms with E-state index in [0.717, 1.165) is 21.0 Å². The predicted molar refractivity (Wildman–Crippen MR) is 75.0 cm³/mol. The van der Waals surface area contributed by atoms with Crippen molar-refractivity contribution in [2.75, 3.05) is 0 Å². The van der Waals surface area contributed by atoms with Crippen LogP contribution in [0.3, 0.4) is 0 Å². The van der Waals surface area contributed by atoms with Crippen LogP contribution in [-0.2, 0) is 13.1 Å². The summed E-state index contributed by atoms with van der Waals surface area (Å²) >= 11 is 2.15. The first-order valence-electron chi connectivity index (χ1n) is 5.56. The minimum Gasteiger partial charge on any atom is -0.454 e. The highest BCUT2D eigenvalue weighted by atomic mass is 127. The lowest BCUT2D eigenvalue weighted by Crippen LogP contribution is -2.14. The Bertz CT molecular complexity index is 661. The summed E-state index contributed by atoms with van der Waals surface area (Å²) in [7, 11) is 0. The number of aromatic nitrogens is 3. The number of nitrogens with one attached hydrogen (secondary N) is 1. The molecule has 1 N–H and O–H groups in total. The summed E-state index contributed by atoms with van der Waals surface area (Å²) < 4.78 is 8.34. The zero-order chi connectivity index (χ0) is 12.4. The first kappa shape index (κ1) is 11.7. The van der Waals surface area contributed by atoms with Crippen LogP contribution in [-0.4, -0.2) is 14.6 Å². The van der Waals surface area contributed by atoms with Gasteiger partial charge in [-0.15, -0.1) is 10.2 Å². The van der Waals surface area contributed by atoms with Gasteiger partial charge in [-0.2, -0.15) is 0 Å². The second-order valence-corrected chi connectivity index (χ2v) is 4.92. The summed E-state index contributed by atoms with van der Waals surface area (Å²) in [5.74, 6) is 1.82. The van der Waals surface area contributed by atoms with Crippen molar-refractivity contribution in [3.8, 4) is 0 Å². The summed E-state index contributed by atoms with van der Waals surface area (Å²) in [4.78, 5) is 0. The van der Waals surface area contributed by atoms with Crippen LogP contribution in [0.25, 0.3) is 5.65 Å². The molecule has 18 heavy (non-hydrogen) atoms. The monoisotopic (exact) mass is 354 g/mol. The molecular formula is C12H11IN4O. The van der Waals surface area contributed by atoms with Gasteiger partial charge in [-0.1, -0.05) is 6.07 Å². The average molecular weight is 354 g/mol. The van der Waals surface area contributed by atoms with Gasteiger partial charge in [-0.3, -0.25) is 4.40 Å². The number of hydrogen-bond acceptors (Lipinski definition) is 4. The van der Waals surface area contributed by atoms with E-state index in [-0.39, 0.29) is 0 Å². The van der Waals surface area contributed by atoms with Gasteiger partial charge in [-0.05, 0) is 46.9 Å². The van der Waals surface area contributed by atoms with E-state index in [4.69, 9.17) is 4.42 Å². The van der Waals surface area contributed by atoms with Crippen molar-refractivity contribution in [3.05, 3.63) is 51.9 Å². The van der Waals surface area contributed by atoms with Crippen molar-refractivity contribution in [3.63, 3.8) is 0 Å². The van der Waals surface area contributed by atoms with E-state index in [1.54, 1.807) is 0 Å². The lowest BCUT2D eigenvalue weighted by Gasteiger charge is -2.01. The van der Waals surface area contributed by atoms with E-state index in [1.165, 1.54) is 0 Å². The third-order valence-corrected chi connectivity index (χ3v) is 3.18. The van der Waals surface area contributed by atoms with Gasteiger partial charge >= 0.3 is 0 Å². The summed E-state index contributed by atoms with van der Waals surface area (Å²) in [5, 5.41) is 11.5. The lowest BCUT2D eigenvalue weighted by atomic mass is 10.4. The molecule has 92 valence electrons. The van der Waals surface area contributed by atoms with Crippen LogP contribution in [0.4, 0.5) is 0 Å². The first-order valence-corrected chi connectivity index (χ1v) is 6.64. The number of nitrogens with zero attached hydrogens (tertiary/aromatic N) is 3. The number of furan rings is 1. The van der Waals surface area contributed by atoms with Crippen LogP contribution in [0, 0.1) is 3.77 Å². The van der Waals surface area contributed by atoms with Gasteiger partial charge in [0.15, 0.2) is 15.2 Å². The van der Waals surface area contributed by atoms with Gasteiger partial charge < -0.3 is 9.73 Å². The van der Waals surface area contributed by atoms with Gasteiger partial charge in [0, 0.05) is 6.20 Å². The second kappa shape index (κ2) is 5.07. The Kier molecular flexibility index (Phi) is 3.28. The van der Waals surface area contributed by atoms with Crippen LogP contribution in [0.2, 0.25) is 0 Å². The molecule has 0 radical (unpaired) electrons.